The van der Waals surface area contributed by atoms with E-state index in [0.717, 1.165) is 19.6 Å². The number of nitrogen functional groups attached to an aromatic ring is 1. The first-order chi connectivity index (χ1) is 9.49. The van der Waals surface area contributed by atoms with Gasteiger partial charge in [0.25, 0.3) is 5.91 Å². The monoisotopic (exact) mass is 279 g/mol. The molecule has 1 aromatic carbocycles. The Bertz CT molecular complexity index is 443. The molecule has 0 saturated heterocycles. The van der Waals surface area contributed by atoms with Gasteiger partial charge in [0.1, 0.15) is 12.4 Å². The molecule has 0 saturated carbocycles. The summed E-state index contributed by atoms with van der Waals surface area (Å²) in [6, 6.07) is 5.14. The topological polar surface area (TPSA) is 58.8 Å². The van der Waals surface area contributed by atoms with E-state index in [1.807, 2.05) is 0 Å². The van der Waals surface area contributed by atoms with Gasteiger partial charge in [0, 0.05) is 32.4 Å². The maximum Gasteiger partial charge on any atom is 0.257 e. The van der Waals surface area contributed by atoms with E-state index < -0.39 is 0 Å². The molecular formula is C15H25N3O2. The van der Waals surface area contributed by atoms with Gasteiger partial charge in [0.2, 0.25) is 0 Å². The van der Waals surface area contributed by atoms with E-state index in [9.17, 15) is 4.79 Å². The number of carbonyl (C=O) groups excluding carboxylic acids is 1. The van der Waals surface area contributed by atoms with Crippen molar-refractivity contribution in [2.24, 2.45) is 0 Å². The van der Waals surface area contributed by atoms with Crippen molar-refractivity contribution in [2.75, 3.05) is 46.1 Å². The standard InChI is InChI=1S/C15H25N3O2/c1-5-18(6-2)9-10-20-14-11-12(16)7-8-13(14)15(19)17(3)4/h7-8,11H,5-6,9-10,16H2,1-4H3. The van der Waals surface area contributed by atoms with Crippen LogP contribution in [0.4, 0.5) is 5.69 Å². The largest absolute Gasteiger partial charge is 0.491 e. The number of nitrogens with two attached hydrogens (primary N) is 1. The smallest absolute Gasteiger partial charge is 0.257 e. The van der Waals surface area contributed by atoms with Crippen molar-refractivity contribution in [3.05, 3.63) is 23.8 Å². The number of anilines is 1. The van der Waals surface area contributed by atoms with E-state index in [1.165, 1.54) is 4.90 Å². The van der Waals surface area contributed by atoms with Crippen LogP contribution in [0.15, 0.2) is 18.2 Å². The molecule has 0 atom stereocenters. The summed E-state index contributed by atoms with van der Waals surface area (Å²) in [6.07, 6.45) is 0. The average Bonchev–Trinajstić information content (AvgIpc) is 2.43. The first-order valence-electron chi connectivity index (χ1n) is 6.95. The summed E-state index contributed by atoms with van der Waals surface area (Å²) < 4.78 is 5.75. The molecule has 20 heavy (non-hydrogen) atoms. The third-order valence-electron chi connectivity index (χ3n) is 3.20. The van der Waals surface area contributed by atoms with Crippen LogP contribution in [-0.2, 0) is 0 Å². The van der Waals surface area contributed by atoms with E-state index >= 15 is 0 Å². The van der Waals surface area contributed by atoms with Gasteiger partial charge in [-0.2, -0.15) is 0 Å². The van der Waals surface area contributed by atoms with Crippen LogP contribution in [-0.4, -0.2) is 56.0 Å². The fourth-order valence-electron chi connectivity index (χ4n) is 1.90. The summed E-state index contributed by atoms with van der Waals surface area (Å²) in [5.74, 6) is 0.471. The van der Waals surface area contributed by atoms with Crippen molar-refractivity contribution in [3.8, 4) is 5.75 Å². The first kappa shape index (κ1) is 16.3. The molecule has 1 aromatic rings. The number of nitrogens with zero attached hydrogens (tertiary/aromatic N) is 2. The van der Waals surface area contributed by atoms with Gasteiger partial charge in [0.05, 0.1) is 5.56 Å². The molecular weight excluding hydrogens is 254 g/mol. The minimum atomic E-state index is -0.0807. The molecule has 112 valence electrons. The van der Waals surface area contributed by atoms with Crippen molar-refractivity contribution in [1.29, 1.82) is 0 Å². The van der Waals surface area contributed by atoms with E-state index in [1.54, 1.807) is 32.3 Å². The normalized spacial score (nSPS) is 10.7. The number of benzene rings is 1. The fraction of sp³-hybridized carbons (Fsp3) is 0.533. The Hall–Kier alpha value is -1.75. The lowest BCUT2D eigenvalue weighted by Crippen LogP contribution is -2.28. The molecule has 2 N–H and O–H groups in total. The summed E-state index contributed by atoms with van der Waals surface area (Å²) >= 11 is 0. The van der Waals surface area contributed by atoms with Crippen molar-refractivity contribution in [1.82, 2.24) is 9.80 Å². The zero-order chi connectivity index (χ0) is 15.1. The van der Waals surface area contributed by atoms with Gasteiger partial charge < -0.3 is 20.3 Å². The molecule has 0 heterocycles. The number of amides is 1. The van der Waals surface area contributed by atoms with Crippen LogP contribution in [0.25, 0.3) is 0 Å². The number of hydrogen-bond donors (Lipinski definition) is 1. The van der Waals surface area contributed by atoms with Gasteiger partial charge in [-0.25, -0.2) is 0 Å². The van der Waals surface area contributed by atoms with E-state index in [0.29, 0.717) is 23.6 Å². The third-order valence-corrected chi connectivity index (χ3v) is 3.20. The van der Waals surface area contributed by atoms with E-state index in [2.05, 4.69) is 18.7 Å². The van der Waals surface area contributed by atoms with Gasteiger partial charge in [-0.15, -0.1) is 0 Å². The van der Waals surface area contributed by atoms with Gasteiger partial charge in [-0.1, -0.05) is 13.8 Å². The van der Waals surface area contributed by atoms with Gasteiger partial charge in [0.15, 0.2) is 0 Å². The highest BCUT2D eigenvalue weighted by Gasteiger charge is 2.15. The molecule has 0 fully saturated rings. The molecule has 5 nitrogen and oxygen atoms in total. The predicted molar refractivity (Wildman–Crippen MR) is 82.2 cm³/mol. The second kappa shape index (κ2) is 7.75. The van der Waals surface area contributed by atoms with Crippen LogP contribution >= 0.6 is 0 Å². The lowest BCUT2D eigenvalue weighted by atomic mass is 10.1. The van der Waals surface area contributed by atoms with Crippen LogP contribution in [0.3, 0.4) is 0 Å². The van der Waals surface area contributed by atoms with Gasteiger partial charge >= 0.3 is 0 Å². The lowest BCUT2D eigenvalue weighted by Gasteiger charge is -2.19. The van der Waals surface area contributed by atoms with Crippen LogP contribution in [0.2, 0.25) is 0 Å². The molecule has 0 aromatic heterocycles. The molecule has 1 amide bonds. The highest BCUT2D eigenvalue weighted by molar-refractivity contribution is 5.97. The Morgan fingerprint density at radius 1 is 1.25 bits per heavy atom. The maximum atomic E-state index is 12.1. The Labute approximate surface area is 121 Å². The number of hydrogen-bond acceptors (Lipinski definition) is 4. The highest BCUT2D eigenvalue weighted by Crippen LogP contribution is 2.23. The second-order valence-corrected chi connectivity index (χ2v) is 4.83. The molecule has 1 rings (SSSR count). The molecule has 0 aliphatic carbocycles. The molecule has 0 spiro atoms. The number of likely N-dealkylation sites (N-methyl/N-ethyl adjacent to an activating group) is 1. The average molecular weight is 279 g/mol. The Kier molecular flexibility index (Phi) is 6.31. The molecule has 0 aliphatic heterocycles. The highest BCUT2D eigenvalue weighted by atomic mass is 16.5. The number of carbonyl (C=O) groups is 1. The van der Waals surface area contributed by atoms with Crippen molar-refractivity contribution in [2.45, 2.75) is 13.8 Å². The Balaban J connectivity index is 2.77. The van der Waals surface area contributed by atoms with Gasteiger partial charge in [-0.05, 0) is 25.2 Å². The second-order valence-electron chi connectivity index (χ2n) is 4.83. The first-order valence-corrected chi connectivity index (χ1v) is 6.95. The van der Waals surface area contributed by atoms with Crippen LogP contribution < -0.4 is 10.5 Å². The summed E-state index contributed by atoms with van der Waals surface area (Å²) in [7, 11) is 3.44. The minimum absolute atomic E-state index is 0.0807. The molecule has 5 heteroatoms. The zero-order valence-electron chi connectivity index (χ0n) is 12.8. The van der Waals surface area contributed by atoms with Crippen molar-refractivity contribution in [3.63, 3.8) is 0 Å². The number of rotatable bonds is 7. The SMILES string of the molecule is CCN(CC)CCOc1cc(N)ccc1C(=O)N(C)C. The maximum absolute atomic E-state index is 12.1. The zero-order valence-corrected chi connectivity index (χ0v) is 12.8. The fourth-order valence-corrected chi connectivity index (χ4v) is 1.90. The minimum Gasteiger partial charge on any atom is -0.491 e. The van der Waals surface area contributed by atoms with Crippen LogP contribution in [0, 0.1) is 0 Å². The summed E-state index contributed by atoms with van der Waals surface area (Å²) in [5, 5.41) is 0. The van der Waals surface area contributed by atoms with Crippen LogP contribution in [0.1, 0.15) is 24.2 Å². The summed E-state index contributed by atoms with van der Waals surface area (Å²) in [4.78, 5) is 15.9. The molecule has 0 aliphatic rings. The Morgan fingerprint density at radius 3 is 2.45 bits per heavy atom. The lowest BCUT2D eigenvalue weighted by molar-refractivity contribution is 0.0822. The van der Waals surface area contributed by atoms with E-state index in [4.69, 9.17) is 10.5 Å². The number of ether oxygens (including phenoxy) is 1. The summed E-state index contributed by atoms with van der Waals surface area (Å²) in [5.41, 5.74) is 6.91. The van der Waals surface area contributed by atoms with Crippen molar-refractivity contribution >= 4 is 11.6 Å². The molecule has 0 bridgehead atoms. The van der Waals surface area contributed by atoms with E-state index in [-0.39, 0.29) is 5.91 Å². The van der Waals surface area contributed by atoms with Gasteiger partial charge in [-0.3, -0.25) is 4.79 Å². The third kappa shape index (κ3) is 4.42. The molecule has 0 radical (unpaired) electrons. The molecule has 0 unspecified atom stereocenters. The Morgan fingerprint density at radius 2 is 1.90 bits per heavy atom. The van der Waals surface area contributed by atoms with Crippen LogP contribution in [0.5, 0.6) is 5.75 Å². The summed E-state index contributed by atoms with van der Waals surface area (Å²) in [6.45, 7) is 7.58. The van der Waals surface area contributed by atoms with Crippen molar-refractivity contribution < 1.29 is 9.53 Å². The predicted octanol–water partition coefficient (Wildman–Crippen LogP) is 1.69. The quantitative estimate of drug-likeness (QED) is 0.772.